The first kappa shape index (κ1) is 18.1. The second-order valence-corrected chi connectivity index (χ2v) is 8.37. The summed E-state index contributed by atoms with van der Waals surface area (Å²) in [4.78, 5) is 14.1. The van der Waals surface area contributed by atoms with Gasteiger partial charge >= 0.3 is 0 Å². The van der Waals surface area contributed by atoms with Gasteiger partial charge in [0, 0.05) is 51.2 Å². The Bertz CT molecular complexity index is 512. The molecule has 1 unspecified atom stereocenters. The number of thioether (sulfide) groups is 1. The van der Waals surface area contributed by atoms with Crippen LogP contribution in [0.5, 0.6) is 0 Å². The van der Waals surface area contributed by atoms with Gasteiger partial charge in [0.25, 0.3) is 0 Å². The fourth-order valence-corrected chi connectivity index (χ4v) is 4.62. The zero-order valence-corrected chi connectivity index (χ0v) is 15.9. The van der Waals surface area contributed by atoms with Gasteiger partial charge in [-0.1, -0.05) is 18.7 Å². The van der Waals surface area contributed by atoms with Gasteiger partial charge in [-0.15, -0.1) is 0 Å². The molecule has 3 heterocycles. The average molecular weight is 351 g/mol. The molecule has 24 heavy (non-hydrogen) atoms. The number of hydrogen-bond donors (Lipinski definition) is 0. The van der Waals surface area contributed by atoms with Crippen LogP contribution in [-0.4, -0.2) is 72.0 Å². The zero-order chi connectivity index (χ0) is 16.8. The maximum Gasteiger partial charge on any atom is 0.187 e. The van der Waals surface area contributed by atoms with E-state index in [1.165, 1.54) is 51.0 Å². The van der Waals surface area contributed by atoms with Crippen molar-refractivity contribution >= 4 is 11.8 Å². The number of ether oxygens (including phenoxy) is 1. The van der Waals surface area contributed by atoms with Crippen LogP contribution in [0.1, 0.15) is 31.7 Å². The quantitative estimate of drug-likeness (QED) is 0.556. The van der Waals surface area contributed by atoms with Crippen LogP contribution < -0.4 is 0 Å². The van der Waals surface area contributed by atoms with E-state index in [0.717, 1.165) is 30.6 Å². The fourth-order valence-electron chi connectivity index (χ4n) is 4.10. The minimum Gasteiger partial charge on any atom is -0.383 e. The Morgan fingerprint density at radius 2 is 1.96 bits per heavy atom. The number of hydrogen-bond acceptors (Lipinski definition) is 6. The third kappa shape index (κ3) is 4.69. The Morgan fingerprint density at radius 3 is 2.71 bits per heavy atom. The zero-order valence-electron chi connectivity index (χ0n) is 15.0. The second-order valence-electron chi connectivity index (χ2n) is 7.14. The van der Waals surface area contributed by atoms with Crippen molar-refractivity contribution in [3.8, 4) is 0 Å². The van der Waals surface area contributed by atoms with Crippen molar-refractivity contribution in [3.63, 3.8) is 0 Å². The lowest BCUT2D eigenvalue weighted by Gasteiger charge is -2.40. The van der Waals surface area contributed by atoms with Gasteiger partial charge in [-0.25, -0.2) is 9.97 Å². The largest absolute Gasteiger partial charge is 0.383 e. The molecule has 1 aromatic heterocycles. The fraction of sp³-hybridized carbons (Fsp3) is 0.778. The Kier molecular flexibility index (Phi) is 6.49. The summed E-state index contributed by atoms with van der Waals surface area (Å²) in [5.41, 5.74) is 1.73. The van der Waals surface area contributed by atoms with Crippen molar-refractivity contribution in [2.45, 2.75) is 37.9 Å². The van der Waals surface area contributed by atoms with Gasteiger partial charge in [0.05, 0.1) is 6.61 Å². The summed E-state index contributed by atoms with van der Waals surface area (Å²) < 4.78 is 5.26. The van der Waals surface area contributed by atoms with Crippen molar-refractivity contribution in [3.05, 3.63) is 18.0 Å². The van der Waals surface area contributed by atoms with Crippen LogP contribution in [0.2, 0.25) is 0 Å². The highest BCUT2D eigenvalue weighted by Gasteiger charge is 2.40. The standard InChI is InChI=1S/C18H30N4OS/c1-3-24-17-19-11-16(12-20-17)13-22-8-6-18(15-22)5-4-7-21(14-18)9-10-23-2/h11-12H,3-10,13-15H2,1-2H3. The molecule has 0 bridgehead atoms. The number of rotatable bonds is 7. The third-order valence-electron chi connectivity index (χ3n) is 5.23. The molecule has 1 aromatic rings. The van der Waals surface area contributed by atoms with Crippen LogP contribution in [0.3, 0.4) is 0 Å². The van der Waals surface area contributed by atoms with Crippen molar-refractivity contribution in [2.24, 2.45) is 5.41 Å². The highest BCUT2D eigenvalue weighted by Crippen LogP contribution is 2.39. The average Bonchev–Trinajstić information content (AvgIpc) is 2.97. The Morgan fingerprint density at radius 1 is 1.17 bits per heavy atom. The first-order valence-electron chi connectivity index (χ1n) is 9.10. The predicted octanol–water partition coefficient (Wildman–Crippen LogP) is 2.52. The maximum atomic E-state index is 5.26. The van der Waals surface area contributed by atoms with Gasteiger partial charge in [-0.3, -0.25) is 4.90 Å². The van der Waals surface area contributed by atoms with Crippen LogP contribution in [0.15, 0.2) is 17.6 Å². The van der Waals surface area contributed by atoms with Crippen LogP contribution in [0.25, 0.3) is 0 Å². The second kappa shape index (κ2) is 8.61. The summed E-state index contributed by atoms with van der Waals surface area (Å²) in [6.07, 6.45) is 8.02. The molecular formula is C18H30N4OS. The molecule has 0 radical (unpaired) electrons. The Hall–Kier alpha value is -0.690. The van der Waals surface area contributed by atoms with Crippen molar-refractivity contribution in [1.29, 1.82) is 0 Å². The van der Waals surface area contributed by atoms with E-state index in [0.29, 0.717) is 5.41 Å². The van der Waals surface area contributed by atoms with Crippen LogP contribution in [-0.2, 0) is 11.3 Å². The normalized spacial score (nSPS) is 25.6. The van der Waals surface area contributed by atoms with E-state index in [-0.39, 0.29) is 0 Å². The molecule has 3 rings (SSSR count). The molecule has 5 nitrogen and oxygen atoms in total. The highest BCUT2D eigenvalue weighted by atomic mass is 32.2. The lowest BCUT2D eigenvalue weighted by molar-refractivity contribution is 0.0673. The molecule has 0 aromatic carbocycles. The molecule has 1 atom stereocenters. The topological polar surface area (TPSA) is 41.5 Å². The summed E-state index contributed by atoms with van der Waals surface area (Å²) in [6.45, 7) is 9.90. The van der Waals surface area contributed by atoms with Gasteiger partial charge in [-0.2, -0.15) is 0 Å². The number of methoxy groups -OCH3 is 1. The van der Waals surface area contributed by atoms with Crippen LogP contribution in [0, 0.1) is 5.41 Å². The maximum absolute atomic E-state index is 5.26. The summed E-state index contributed by atoms with van der Waals surface area (Å²) in [5.74, 6) is 1.02. The molecule has 2 saturated heterocycles. The smallest absolute Gasteiger partial charge is 0.187 e. The SMILES string of the molecule is CCSc1ncc(CN2CCC3(CCCN(CCOC)C3)C2)cn1. The molecule has 0 amide bonds. The molecule has 134 valence electrons. The summed E-state index contributed by atoms with van der Waals surface area (Å²) in [5, 5.41) is 0.889. The minimum atomic E-state index is 0.491. The van der Waals surface area contributed by atoms with Gasteiger partial charge in [0.2, 0.25) is 0 Å². The van der Waals surface area contributed by atoms with E-state index in [1.807, 2.05) is 12.4 Å². The Balaban J connectivity index is 1.52. The molecule has 6 heteroatoms. The monoisotopic (exact) mass is 350 g/mol. The van der Waals surface area contributed by atoms with Gasteiger partial charge < -0.3 is 9.64 Å². The number of aromatic nitrogens is 2. The first-order chi connectivity index (χ1) is 11.7. The van der Waals surface area contributed by atoms with E-state index >= 15 is 0 Å². The van der Waals surface area contributed by atoms with Crippen molar-refractivity contribution in [2.75, 3.05) is 52.2 Å². The molecule has 2 fully saturated rings. The summed E-state index contributed by atoms with van der Waals surface area (Å²) in [7, 11) is 1.80. The lowest BCUT2D eigenvalue weighted by atomic mass is 9.79. The Labute approximate surface area is 150 Å². The van der Waals surface area contributed by atoms with E-state index in [2.05, 4.69) is 26.7 Å². The van der Waals surface area contributed by atoms with Crippen LogP contribution >= 0.6 is 11.8 Å². The van der Waals surface area contributed by atoms with Gasteiger partial charge in [0.1, 0.15) is 0 Å². The summed E-state index contributed by atoms with van der Waals surface area (Å²) >= 11 is 1.70. The van der Waals surface area contributed by atoms with Gasteiger partial charge in [0.15, 0.2) is 5.16 Å². The molecule has 2 aliphatic heterocycles. The third-order valence-corrected chi connectivity index (χ3v) is 5.99. The molecule has 0 saturated carbocycles. The van der Waals surface area contributed by atoms with E-state index < -0.39 is 0 Å². The van der Waals surface area contributed by atoms with E-state index in [4.69, 9.17) is 4.74 Å². The van der Waals surface area contributed by atoms with Crippen molar-refractivity contribution in [1.82, 2.24) is 19.8 Å². The first-order valence-corrected chi connectivity index (χ1v) is 10.1. The number of likely N-dealkylation sites (tertiary alicyclic amines) is 2. The molecule has 2 aliphatic rings. The molecule has 0 aliphatic carbocycles. The summed E-state index contributed by atoms with van der Waals surface area (Å²) in [6, 6.07) is 0. The van der Waals surface area contributed by atoms with E-state index in [1.54, 1.807) is 18.9 Å². The number of nitrogens with zero attached hydrogens (tertiary/aromatic N) is 4. The highest BCUT2D eigenvalue weighted by molar-refractivity contribution is 7.99. The molecule has 0 N–H and O–H groups in total. The molecule has 1 spiro atoms. The predicted molar refractivity (Wildman–Crippen MR) is 98.3 cm³/mol. The van der Waals surface area contributed by atoms with E-state index in [9.17, 15) is 0 Å². The van der Waals surface area contributed by atoms with Crippen LogP contribution in [0.4, 0.5) is 0 Å². The lowest BCUT2D eigenvalue weighted by Crippen LogP contribution is -2.45. The van der Waals surface area contributed by atoms with Crippen molar-refractivity contribution < 1.29 is 4.74 Å². The minimum absolute atomic E-state index is 0.491. The van der Waals surface area contributed by atoms with Gasteiger partial charge in [-0.05, 0) is 43.5 Å². The molecular weight excluding hydrogens is 320 g/mol. The number of piperidine rings is 1.